The van der Waals surface area contributed by atoms with Crippen LogP contribution in [0.1, 0.15) is 45.2 Å². The molecule has 0 bridgehead atoms. The predicted molar refractivity (Wildman–Crippen MR) is 78.5 cm³/mol. The van der Waals surface area contributed by atoms with Gasteiger partial charge in [0.25, 0.3) is 5.91 Å². The monoisotopic (exact) mass is 308 g/mol. The summed E-state index contributed by atoms with van der Waals surface area (Å²) < 4.78 is 3.78. The number of nitrogens with zero attached hydrogens (tertiary/aromatic N) is 3. The summed E-state index contributed by atoms with van der Waals surface area (Å²) in [7, 11) is 0. The van der Waals surface area contributed by atoms with Gasteiger partial charge in [-0.2, -0.15) is 0 Å². The van der Waals surface area contributed by atoms with E-state index in [2.05, 4.69) is 28.8 Å². The molecule has 1 aliphatic heterocycles. The van der Waals surface area contributed by atoms with Crippen molar-refractivity contribution in [1.82, 2.24) is 19.8 Å². The summed E-state index contributed by atoms with van der Waals surface area (Å²) >= 11 is 1.23. The van der Waals surface area contributed by atoms with Gasteiger partial charge < -0.3 is 5.32 Å². The van der Waals surface area contributed by atoms with Gasteiger partial charge in [-0.1, -0.05) is 18.3 Å². The largest absolute Gasteiger partial charge is 0.325 e. The van der Waals surface area contributed by atoms with Crippen LogP contribution in [0.15, 0.2) is 5.38 Å². The maximum Gasteiger partial charge on any atom is 0.325 e. The van der Waals surface area contributed by atoms with Crippen LogP contribution < -0.4 is 5.32 Å². The fraction of sp³-hybridized carbons (Fsp3) is 0.714. The molecule has 21 heavy (non-hydrogen) atoms. The van der Waals surface area contributed by atoms with Crippen molar-refractivity contribution in [2.45, 2.75) is 51.6 Å². The van der Waals surface area contributed by atoms with Crippen LogP contribution in [0.25, 0.3) is 0 Å². The van der Waals surface area contributed by atoms with E-state index in [9.17, 15) is 9.59 Å². The van der Waals surface area contributed by atoms with E-state index in [-0.39, 0.29) is 18.5 Å². The second-order valence-electron chi connectivity index (χ2n) is 6.40. The highest BCUT2D eigenvalue weighted by Crippen LogP contribution is 2.46. The van der Waals surface area contributed by atoms with Crippen molar-refractivity contribution in [2.24, 2.45) is 11.8 Å². The maximum absolute atomic E-state index is 12.9. The molecule has 0 spiro atoms. The fourth-order valence-electron chi connectivity index (χ4n) is 2.95. The molecule has 1 aliphatic carbocycles. The highest BCUT2D eigenvalue weighted by atomic mass is 32.1. The molecule has 0 unspecified atom stereocenters. The standard InChI is InChI=1S/C14H20N4O2S/c1-9(2)5-6-14(10-3-4-10)12(19)18(13(20)15-14)7-11-8-21-17-16-11/h8-10H,3-7H2,1-2H3,(H,15,20)/t14-/m0/s1. The lowest BCUT2D eigenvalue weighted by Crippen LogP contribution is -2.49. The van der Waals surface area contributed by atoms with Crippen molar-refractivity contribution >= 4 is 23.5 Å². The van der Waals surface area contributed by atoms with Gasteiger partial charge in [0.2, 0.25) is 0 Å². The molecule has 2 aliphatic rings. The van der Waals surface area contributed by atoms with Gasteiger partial charge >= 0.3 is 6.03 Å². The number of amides is 3. The lowest BCUT2D eigenvalue weighted by molar-refractivity contribution is -0.132. The Labute approximate surface area is 128 Å². The summed E-state index contributed by atoms with van der Waals surface area (Å²) in [6.45, 7) is 4.50. The molecule has 2 fully saturated rings. The van der Waals surface area contributed by atoms with Gasteiger partial charge in [0.1, 0.15) is 5.54 Å². The minimum Gasteiger partial charge on any atom is -0.323 e. The number of nitrogens with one attached hydrogen (secondary N) is 1. The first kappa shape index (κ1) is 14.4. The molecule has 3 rings (SSSR count). The summed E-state index contributed by atoms with van der Waals surface area (Å²) in [5, 5.41) is 8.68. The van der Waals surface area contributed by atoms with E-state index in [1.807, 2.05) is 0 Å². The molecule has 7 heteroatoms. The molecule has 6 nitrogen and oxygen atoms in total. The third-order valence-electron chi connectivity index (χ3n) is 4.32. The number of rotatable bonds is 6. The number of hydrogen-bond acceptors (Lipinski definition) is 5. The van der Waals surface area contributed by atoms with Gasteiger partial charge in [0.05, 0.1) is 12.2 Å². The van der Waals surface area contributed by atoms with E-state index >= 15 is 0 Å². The fourth-order valence-corrected chi connectivity index (χ4v) is 3.39. The first-order valence-corrected chi connectivity index (χ1v) is 8.26. The first-order valence-electron chi connectivity index (χ1n) is 7.43. The Morgan fingerprint density at radius 2 is 2.24 bits per heavy atom. The van der Waals surface area contributed by atoms with Gasteiger partial charge in [-0.05, 0) is 49.1 Å². The van der Waals surface area contributed by atoms with Crippen LogP contribution in [-0.4, -0.2) is 32.0 Å². The Balaban J connectivity index is 1.79. The average molecular weight is 308 g/mol. The zero-order chi connectivity index (χ0) is 15.0. The van der Waals surface area contributed by atoms with Crippen molar-refractivity contribution in [3.8, 4) is 0 Å². The van der Waals surface area contributed by atoms with Crippen LogP contribution in [0.4, 0.5) is 4.79 Å². The lowest BCUT2D eigenvalue weighted by Gasteiger charge is -2.27. The molecular formula is C14H20N4O2S. The van der Waals surface area contributed by atoms with E-state index < -0.39 is 5.54 Å². The molecule has 1 saturated heterocycles. The number of carbonyl (C=O) groups excluding carboxylic acids is 2. The number of carbonyl (C=O) groups is 2. The van der Waals surface area contributed by atoms with Crippen molar-refractivity contribution in [1.29, 1.82) is 0 Å². The number of imide groups is 1. The van der Waals surface area contributed by atoms with E-state index in [0.717, 1.165) is 25.7 Å². The van der Waals surface area contributed by atoms with Gasteiger partial charge in [-0.15, -0.1) is 5.10 Å². The Bertz CT molecular complexity index is 541. The molecule has 0 radical (unpaired) electrons. The van der Waals surface area contributed by atoms with Crippen LogP contribution in [0, 0.1) is 11.8 Å². The molecule has 1 saturated carbocycles. The molecule has 3 amide bonds. The summed E-state index contributed by atoms with van der Waals surface area (Å²) in [5.74, 6) is 0.733. The van der Waals surface area contributed by atoms with Gasteiger partial charge in [0.15, 0.2) is 0 Å². The van der Waals surface area contributed by atoms with Crippen LogP contribution in [0.3, 0.4) is 0 Å². The Hall–Kier alpha value is -1.50. The average Bonchev–Trinajstić information content (AvgIpc) is 3.12. The van der Waals surface area contributed by atoms with Crippen LogP contribution in [0.2, 0.25) is 0 Å². The lowest BCUT2D eigenvalue weighted by atomic mass is 9.85. The van der Waals surface area contributed by atoms with Crippen LogP contribution >= 0.6 is 11.5 Å². The first-order chi connectivity index (χ1) is 10.0. The molecular weight excluding hydrogens is 288 g/mol. The Morgan fingerprint density at radius 1 is 1.48 bits per heavy atom. The highest BCUT2D eigenvalue weighted by Gasteiger charge is 2.58. The molecule has 2 heterocycles. The molecule has 1 atom stereocenters. The Kier molecular flexibility index (Phi) is 3.69. The summed E-state index contributed by atoms with van der Waals surface area (Å²) in [5.41, 5.74) is -0.0101. The number of urea groups is 1. The predicted octanol–water partition coefficient (Wildman–Crippen LogP) is 2.17. The molecule has 1 N–H and O–H groups in total. The van der Waals surface area contributed by atoms with E-state index in [0.29, 0.717) is 17.5 Å². The minimum atomic E-state index is -0.676. The van der Waals surface area contributed by atoms with Crippen LogP contribution in [0.5, 0.6) is 0 Å². The summed E-state index contributed by atoms with van der Waals surface area (Å²) in [6, 6.07) is -0.288. The molecule has 114 valence electrons. The van der Waals surface area contributed by atoms with Gasteiger partial charge in [0, 0.05) is 5.38 Å². The third-order valence-corrected chi connectivity index (χ3v) is 4.87. The topological polar surface area (TPSA) is 75.2 Å². The van der Waals surface area contributed by atoms with E-state index in [4.69, 9.17) is 0 Å². The smallest absolute Gasteiger partial charge is 0.323 e. The normalized spacial score (nSPS) is 25.8. The van der Waals surface area contributed by atoms with Crippen molar-refractivity contribution in [3.63, 3.8) is 0 Å². The van der Waals surface area contributed by atoms with Crippen molar-refractivity contribution < 1.29 is 9.59 Å². The van der Waals surface area contributed by atoms with Crippen molar-refractivity contribution in [3.05, 3.63) is 11.1 Å². The molecule has 0 aromatic carbocycles. The van der Waals surface area contributed by atoms with Gasteiger partial charge in [-0.25, -0.2) is 4.79 Å². The minimum absolute atomic E-state index is 0.0800. The summed E-state index contributed by atoms with van der Waals surface area (Å²) in [4.78, 5) is 26.4. The number of hydrogen-bond donors (Lipinski definition) is 1. The van der Waals surface area contributed by atoms with E-state index in [1.54, 1.807) is 5.38 Å². The zero-order valence-corrected chi connectivity index (χ0v) is 13.2. The maximum atomic E-state index is 12.9. The quantitative estimate of drug-likeness (QED) is 0.817. The SMILES string of the molecule is CC(C)CC[C@@]1(C2CC2)NC(=O)N(Cc2csnn2)C1=O. The third kappa shape index (κ3) is 2.66. The van der Waals surface area contributed by atoms with Gasteiger partial charge in [-0.3, -0.25) is 9.69 Å². The van der Waals surface area contributed by atoms with Crippen LogP contribution in [-0.2, 0) is 11.3 Å². The zero-order valence-electron chi connectivity index (χ0n) is 12.3. The van der Waals surface area contributed by atoms with Crippen molar-refractivity contribution in [2.75, 3.05) is 0 Å². The summed E-state index contributed by atoms with van der Waals surface area (Å²) in [6.07, 6.45) is 3.72. The number of aromatic nitrogens is 2. The second-order valence-corrected chi connectivity index (χ2v) is 7.01. The molecule has 1 aromatic rings. The second kappa shape index (κ2) is 5.36. The van der Waals surface area contributed by atoms with E-state index in [1.165, 1.54) is 16.4 Å². The molecule has 1 aromatic heterocycles. The Morgan fingerprint density at radius 3 is 2.81 bits per heavy atom. The highest BCUT2D eigenvalue weighted by molar-refractivity contribution is 7.03.